The number of rotatable bonds is 6. The van der Waals surface area contributed by atoms with Crippen LogP contribution >= 0.6 is 0 Å². The van der Waals surface area contributed by atoms with Gasteiger partial charge in [0.15, 0.2) is 4.08 Å². The van der Waals surface area contributed by atoms with Gasteiger partial charge < -0.3 is 8.37 Å². The Labute approximate surface area is 160 Å². The molecular formula is C20H24O4S2. The van der Waals surface area contributed by atoms with Crippen LogP contribution in [0.1, 0.15) is 43.2 Å². The van der Waals surface area contributed by atoms with Crippen molar-refractivity contribution in [2.75, 3.05) is 0 Å². The predicted octanol–water partition coefficient (Wildman–Crippen LogP) is 4.75. The van der Waals surface area contributed by atoms with Gasteiger partial charge in [-0.3, -0.25) is 0 Å². The summed E-state index contributed by atoms with van der Waals surface area (Å²) in [5, 5.41) is 0. The van der Waals surface area contributed by atoms with Crippen LogP contribution in [0.5, 0.6) is 11.5 Å². The van der Waals surface area contributed by atoms with Crippen molar-refractivity contribution in [3.63, 3.8) is 0 Å². The van der Waals surface area contributed by atoms with E-state index in [4.69, 9.17) is 8.37 Å². The van der Waals surface area contributed by atoms with Gasteiger partial charge in [-0.15, -0.1) is 0 Å². The first-order valence-electron chi connectivity index (χ1n) is 8.83. The molecule has 4 nitrogen and oxygen atoms in total. The molecule has 1 saturated carbocycles. The summed E-state index contributed by atoms with van der Waals surface area (Å²) in [4.78, 5) is 0. The van der Waals surface area contributed by atoms with Crippen LogP contribution < -0.4 is 8.37 Å². The molecule has 0 spiro atoms. The highest BCUT2D eigenvalue weighted by molar-refractivity contribution is 8.00. The molecule has 0 amide bonds. The SMILES string of the molecule is Cc1ccc(OS(=O)C2(S(=O)Oc3ccc(C)cc3)CCCCC2)cc1. The molecule has 2 aromatic carbocycles. The lowest BCUT2D eigenvalue weighted by atomic mass is 10.00. The first kappa shape index (κ1) is 19.1. The Morgan fingerprint density at radius 1 is 0.692 bits per heavy atom. The zero-order valence-electron chi connectivity index (χ0n) is 15.1. The molecule has 2 aromatic rings. The Morgan fingerprint density at radius 2 is 1.08 bits per heavy atom. The van der Waals surface area contributed by atoms with Crippen LogP contribution in [0.2, 0.25) is 0 Å². The van der Waals surface area contributed by atoms with Crippen molar-refractivity contribution in [1.29, 1.82) is 0 Å². The second-order valence-corrected chi connectivity index (χ2v) is 9.83. The van der Waals surface area contributed by atoms with Gasteiger partial charge in [0.25, 0.3) is 0 Å². The third-order valence-corrected chi connectivity index (χ3v) is 8.14. The molecule has 1 fully saturated rings. The maximum absolute atomic E-state index is 13.1. The summed E-state index contributed by atoms with van der Waals surface area (Å²) >= 11 is -3.51. The highest BCUT2D eigenvalue weighted by Gasteiger charge is 2.48. The summed E-state index contributed by atoms with van der Waals surface area (Å²) in [5.41, 5.74) is 2.20. The molecule has 6 heteroatoms. The molecule has 2 atom stereocenters. The van der Waals surface area contributed by atoms with Crippen LogP contribution in [0.4, 0.5) is 0 Å². The van der Waals surface area contributed by atoms with E-state index in [2.05, 4.69) is 0 Å². The molecule has 0 aromatic heterocycles. The smallest absolute Gasteiger partial charge is 0.229 e. The van der Waals surface area contributed by atoms with Gasteiger partial charge in [-0.25, -0.2) is 8.42 Å². The number of hydrogen-bond acceptors (Lipinski definition) is 4. The zero-order valence-corrected chi connectivity index (χ0v) is 16.7. The van der Waals surface area contributed by atoms with Crippen molar-refractivity contribution in [2.45, 2.75) is 50.0 Å². The standard InChI is InChI=1S/C20H24O4S2/c1-16-6-10-18(11-7-16)23-25(21)20(14-4-3-5-15-20)26(22)24-19-12-8-17(2)9-13-19/h6-13H,3-5,14-15H2,1-2H3. The Bertz CT molecular complexity index is 717. The molecule has 0 aliphatic heterocycles. The normalized spacial score (nSPS) is 18.7. The third kappa shape index (κ3) is 4.35. The fourth-order valence-electron chi connectivity index (χ4n) is 2.99. The van der Waals surface area contributed by atoms with Gasteiger partial charge in [-0.2, -0.15) is 0 Å². The van der Waals surface area contributed by atoms with E-state index in [0.29, 0.717) is 24.3 Å². The molecule has 0 radical (unpaired) electrons. The molecule has 1 aliphatic carbocycles. The van der Waals surface area contributed by atoms with Gasteiger partial charge in [0.05, 0.1) is 0 Å². The molecule has 0 heterocycles. The van der Waals surface area contributed by atoms with Crippen molar-refractivity contribution < 1.29 is 16.8 Å². The van der Waals surface area contributed by atoms with Gasteiger partial charge in [0.2, 0.25) is 22.2 Å². The molecule has 140 valence electrons. The second kappa shape index (κ2) is 8.35. The summed E-state index contributed by atoms with van der Waals surface area (Å²) in [6.07, 6.45) is 3.90. The molecule has 3 rings (SSSR count). The Balaban J connectivity index is 1.80. The van der Waals surface area contributed by atoms with E-state index in [1.165, 1.54) is 0 Å². The minimum Gasteiger partial charge on any atom is -0.399 e. The lowest BCUT2D eigenvalue weighted by Crippen LogP contribution is -2.44. The zero-order chi connectivity index (χ0) is 18.6. The van der Waals surface area contributed by atoms with Crippen LogP contribution in [-0.2, 0) is 22.2 Å². The molecule has 1 aliphatic rings. The van der Waals surface area contributed by atoms with Gasteiger partial charge >= 0.3 is 0 Å². The lowest BCUT2D eigenvalue weighted by Gasteiger charge is -2.32. The Kier molecular flexibility index (Phi) is 6.14. The van der Waals surface area contributed by atoms with Gasteiger partial charge in [0, 0.05) is 0 Å². The average Bonchev–Trinajstić information content (AvgIpc) is 2.66. The monoisotopic (exact) mass is 392 g/mol. The first-order chi connectivity index (χ1) is 12.5. The maximum Gasteiger partial charge on any atom is 0.229 e. The largest absolute Gasteiger partial charge is 0.399 e. The highest BCUT2D eigenvalue weighted by Crippen LogP contribution is 2.38. The van der Waals surface area contributed by atoms with Crippen LogP contribution in [0.25, 0.3) is 0 Å². The van der Waals surface area contributed by atoms with E-state index >= 15 is 0 Å². The van der Waals surface area contributed by atoms with Gasteiger partial charge in [-0.05, 0) is 51.0 Å². The molecular weight excluding hydrogens is 368 g/mol. The highest BCUT2D eigenvalue weighted by atomic mass is 32.3. The number of benzene rings is 2. The van der Waals surface area contributed by atoms with Crippen molar-refractivity contribution >= 4 is 22.2 Å². The van der Waals surface area contributed by atoms with E-state index in [-0.39, 0.29) is 0 Å². The van der Waals surface area contributed by atoms with Crippen LogP contribution in [0, 0.1) is 13.8 Å². The van der Waals surface area contributed by atoms with Crippen LogP contribution in [-0.4, -0.2) is 12.5 Å². The Morgan fingerprint density at radius 3 is 1.46 bits per heavy atom. The van der Waals surface area contributed by atoms with E-state index in [0.717, 1.165) is 30.4 Å². The number of aryl methyl sites for hydroxylation is 2. The molecule has 0 bridgehead atoms. The summed E-state index contributed by atoms with van der Waals surface area (Å²) < 4.78 is 36.5. The van der Waals surface area contributed by atoms with Gasteiger partial charge in [-0.1, -0.05) is 54.7 Å². The molecule has 26 heavy (non-hydrogen) atoms. The molecule has 0 N–H and O–H groups in total. The fraction of sp³-hybridized carbons (Fsp3) is 0.400. The van der Waals surface area contributed by atoms with Crippen molar-refractivity contribution in [1.82, 2.24) is 0 Å². The van der Waals surface area contributed by atoms with Gasteiger partial charge in [0.1, 0.15) is 11.5 Å². The van der Waals surface area contributed by atoms with E-state index in [1.54, 1.807) is 24.3 Å². The van der Waals surface area contributed by atoms with Crippen LogP contribution in [0.15, 0.2) is 48.5 Å². The van der Waals surface area contributed by atoms with Crippen LogP contribution in [0.3, 0.4) is 0 Å². The van der Waals surface area contributed by atoms with E-state index in [1.807, 2.05) is 38.1 Å². The summed E-state index contributed by atoms with van der Waals surface area (Å²) in [5.74, 6) is 1.04. The third-order valence-electron chi connectivity index (χ3n) is 4.61. The quantitative estimate of drug-likeness (QED) is 0.712. The van der Waals surface area contributed by atoms with E-state index in [9.17, 15) is 8.42 Å². The molecule has 2 unspecified atom stereocenters. The fourth-order valence-corrected chi connectivity index (χ4v) is 5.76. The molecule has 0 saturated heterocycles. The topological polar surface area (TPSA) is 52.6 Å². The number of hydrogen-bond donors (Lipinski definition) is 0. The van der Waals surface area contributed by atoms with Crippen molar-refractivity contribution in [3.05, 3.63) is 59.7 Å². The summed E-state index contributed by atoms with van der Waals surface area (Å²) in [6, 6.07) is 14.8. The minimum atomic E-state index is -1.76. The Hall–Kier alpha value is -1.66. The van der Waals surface area contributed by atoms with Crippen molar-refractivity contribution in [2.24, 2.45) is 0 Å². The summed E-state index contributed by atoms with van der Waals surface area (Å²) in [7, 11) is 0. The predicted molar refractivity (Wildman–Crippen MR) is 106 cm³/mol. The van der Waals surface area contributed by atoms with E-state index < -0.39 is 26.2 Å². The van der Waals surface area contributed by atoms with Crippen molar-refractivity contribution in [3.8, 4) is 11.5 Å². The maximum atomic E-state index is 13.1. The second-order valence-electron chi connectivity index (χ2n) is 6.73. The summed E-state index contributed by atoms with van der Waals surface area (Å²) in [6.45, 7) is 3.96. The first-order valence-corrected chi connectivity index (χ1v) is 11.0. The average molecular weight is 393 g/mol. The lowest BCUT2D eigenvalue weighted by molar-refractivity contribution is 0.422. The minimum absolute atomic E-state index is 0.520.